The second kappa shape index (κ2) is 9.41. The van der Waals surface area contributed by atoms with Crippen molar-refractivity contribution in [3.05, 3.63) is 77.1 Å². The lowest BCUT2D eigenvalue weighted by molar-refractivity contribution is -0.141. The Labute approximate surface area is 205 Å². The van der Waals surface area contributed by atoms with Gasteiger partial charge in [0.2, 0.25) is 0 Å². The molecule has 0 spiro atoms. The van der Waals surface area contributed by atoms with Gasteiger partial charge in [-0.25, -0.2) is 9.67 Å². The molecule has 36 heavy (non-hydrogen) atoms. The van der Waals surface area contributed by atoms with Gasteiger partial charge in [0.25, 0.3) is 0 Å². The van der Waals surface area contributed by atoms with Crippen molar-refractivity contribution in [1.82, 2.24) is 14.8 Å². The van der Waals surface area contributed by atoms with Crippen LogP contribution in [0.2, 0.25) is 0 Å². The topological polar surface area (TPSA) is 57.0 Å². The molecule has 0 saturated heterocycles. The molecule has 0 N–H and O–H groups in total. The number of hydrogen-bond donors (Lipinski definition) is 0. The van der Waals surface area contributed by atoms with E-state index in [2.05, 4.69) is 14.8 Å². The van der Waals surface area contributed by atoms with Crippen molar-refractivity contribution in [2.45, 2.75) is 25.7 Å². The second-order valence-corrected chi connectivity index (χ2v) is 8.85. The van der Waals surface area contributed by atoms with Gasteiger partial charge in [-0.2, -0.15) is 31.4 Å². The van der Waals surface area contributed by atoms with E-state index in [0.29, 0.717) is 15.6 Å². The van der Waals surface area contributed by atoms with Crippen LogP contribution in [-0.2, 0) is 28.3 Å². The fourth-order valence-corrected chi connectivity index (χ4v) is 4.71. The highest BCUT2D eigenvalue weighted by atomic mass is 32.1. The monoisotopic (exact) mass is 525 g/mol. The van der Waals surface area contributed by atoms with Crippen molar-refractivity contribution in [1.29, 1.82) is 0 Å². The minimum absolute atomic E-state index is 0.0817. The molecule has 0 radical (unpaired) electrons. The number of rotatable bonds is 5. The molecule has 4 aromatic rings. The van der Waals surface area contributed by atoms with Crippen molar-refractivity contribution in [3.8, 4) is 26.8 Å². The molecule has 3 heterocycles. The van der Waals surface area contributed by atoms with E-state index in [1.165, 1.54) is 13.2 Å². The van der Waals surface area contributed by atoms with Crippen LogP contribution >= 0.6 is 11.3 Å². The molecule has 5 nitrogen and oxygen atoms in total. The molecule has 0 amide bonds. The lowest BCUT2D eigenvalue weighted by atomic mass is 10.0. The lowest BCUT2D eigenvalue weighted by Crippen LogP contribution is -2.14. The number of aryl methyl sites for hydroxylation is 1. The predicted octanol–water partition coefficient (Wildman–Crippen LogP) is 6.72. The van der Waals surface area contributed by atoms with Gasteiger partial charge in [0.05, 0.1) is 24.1 Å². The van der Waals surface area contributed by atoms with E-state index in [1.54, 1.807) is 24.3 Å². The molecule has 188 valence electrons. The quantitative estimate of drug-likeness (QED) is 0.214. The Morgan fingerprint density at radius 2 is 1.72 bits per heavy atom. The Kier molecular flexibility index (Phi) is 6.65. The molecule has 0 unspecified atom stereocenters. The highest BCUT2D eigenvalue weighted by Crippen LogP contribution is 2.41. The van der Waals surface area contributed by atoms with Gasteiger partial charge in [-0.15, -0.1) is 11.3 Å². The number of pyridine rings is 1. The van der Waals surface area contributed by atoms with Gasteiger partial charge in [0.15, 0.2) is 11.5 Å². The minimum Gasteiger partial charge on any atom is -0.469 e. The average Bonchev–Trinajstić information content (AvgIpc) is 3.46. The van der Waals surface area contributed by atoms with Crippen molar-refractivity contribution in [2.75, 3.05) is 7.11 Å². The summed E-state index contributed by atoms with van der Waals surface area (Å²) in [6, 6.07) is 11.0. The first-order valence-electron chi connectivity index (χ1n) is 10.3. The third-order valence-corrected chi connectivity index (χ3v) is 6.42. The molecule has 0 bridgehead atoms. The zero-order valence-corrected chi connectivity index (χ0v) is 19.6. The predicted molar refractivity (Wildman–Crippen MR) is 121 cm³/mol. The van der Waals surface area contributed by atoms with Gasteiger partial charge < -0.3 is 4.74 Å². The van der Waals surface area contributed by atoms with E-state index >= 15 is 0 Å². The van der Waals surface area contributed by atoms with Crippen LogP contribution in [0.1, 0.15) is 22.4 Å². The largest absolute Gasteiger partial charge is 0.469 e. The van der Waals surface area contributed by atoms with Gasteiger partial charge in [-0.1, -0.05) is 18.2 Å². The summed E-state index contributed by atoms with van der Waals surface area (Å²) >= 11 is 1.09. The maximum absolute atomic E-state index is 13.6. The van der Waals surface area contributed by atoms with E-state index in [4.69, 9.17) is 0 Å². The third kappa shape index (κ3) is 5.13. The summed E-state index contributed by atoms with van der Waals surface area (Å²) < 4.78 is 86.4. The second-order valence-electron chi connectivity index (χ2n) is 7.76. The van der Waals surface area contributed by atoms with Crippen molar-refractivity contribution >= 4 is 17.3 Å². The van der Waals surface area contributed by atoms with Crippen molar-refractivity contribution in [3.63, 3.8) is 0 Å². The highest BCUT2D eigenvalue weighted by molar-refractivity contribution is 7.18. The number of aromatic nitrogens is 3. The molecular formula is C24H17F6N3O2S. The van der Waals surface area contributed by atoms with Gasteiger partial charge in [0, 0.05) is 11.1 Å². The molecule has 3 aromatic heterocycles. The number of hydrogen-bond acceptors (Lipinski definition) is 5. The molecule has 0 fully saturated rings. The number of halogens is 6. The fraction of sp³-hybridized carbons (Fsp3) is 0.208. The number of carbonyl (C=O) groups is 1. The maximum Gasteiger partial charge on any atom is 0.435 e. The fourth-order valence-electron chi connectivity index (χ4n) is 3.61. The van der Waals surface area contributed by atoms with Crippen LogP contribution in [0.3, 0.4) is 0 Å². The van der Waals surface area contributed by atoms with E-state index in [0.717, 1.165) is 46.4 Å². The van der Waals surface area contributed by atoms with E-state index in [-0.39, 0.29) is 17.0 Å². The molecule has 0 saturated carbocycles. The zero-order chi connectivity index (χ0) is 26.3. The van der Waals surface area contributed by atoms with Gasteiger partial charge >= 0.3 is 18.3 Å². The van der Waals surface area contributed by atoms with Gasteiger partial charge in [0.1, 0.15) is 5.56 Å². The highest BCUT2D eigenvalue weighted by Gasteiger charge is 2.39. The molecule has 0 aliphatic heterocycles. The molecule has 12 heteroatoms. The summed E-state index contributed by atoms with van der Waals surface area (Å²) in [7, 11) is 1.29. The molecule has 0 atom stereocenters. The van der Waals surface area contributed by atoms with Crippen LogP contribution in [0.4, 0.5) is 26.3 Å². The minimum atomic E-state index is -4.88. The summed E-state index contributed by atoms with van der Waals surface area (Å²) in [5.74, 6) is -1.16. The Morgan fingerprint density at radius 3 is 2.36 bits per heavy atom. The number of benzene rings is 1. The molecule has 4 rings (SSSR count). The Hall–Kier alpha value is -3.67. The van der Waals surface area contributed by atoms with Crippen molar-refractivity contribution in [2.24, 2.45) is 0 Å². The van der Waals surface area contributed by atoms with Crippen LogP contribution in [0.5, 0.6) is 0 Å². The number of nitrogens with zero attached hydrogens (tertiary/aromatic N) is 3. The van der Waals surface area contributed by atoms with Gasteiger partial charge in [-0.3, -0.25) is 4.79 Å². The van der Waals surface area contributed by atoms with Crippen molar-refractivity contribution < 1.29 is 35.9 Å². The summed E-state index contributed by atoms with van der Waals surface area (Å²) in [6.45, 7) is 1.81. The molecule has 0 aliphatic rings. The average molecular weight is 525 g/mol. The Bertz CT molecular complexity index is 1420. The van der Waals surface area contributed by atoms with Crippen LogP contribution in [0, 0.1) is 6.92 Å². The first kappa shape index (κ1) is 25.4. The summed E-state index contributed by atoms with van der Waals surface area (Å²) in [5, 5.41) is 3.44. The van der Waals surface area contributed by atoms with Crippen LogP contribution in [0.15, 0.2) is 54.7 Å². The normalized spacial score (nSPS) is 12.1. The number of alkyl halides is 6. The number of ether oxygens (including phenoxy) is 1. The van der Waals surface area contributed by atoms with E-state index in [1.807, 2.05) is 6.92 Å². The molecule has 1 aromatic carbocycles. The van der Waals surface area contributed by atoms with Crippen LogP contribution < -0.4 is 0 Å². The number of thiophene rings is 1. The molecular weight excluding hydrogens is 508 g/mol. The number of carbonyl (C=O) groups excluding carboxylic acids is 1. The Balaban J connectivity index is 1.80. The standard InChI is InChI=1S/C24H17F6N3O2S/c1-13-10-14(11-21(34)35-2)5-6-15(13)18-7-8-19(36-18)17-12-20(24(28,29)30)32-33(17)22-16(23(25,26)27)4-3-9-31-22/h3-10,12H,11H2,1-2H3. The van der Waals surface area contributed by atoms with Crippen LogP contribution in [0.25, 0.3) is 26.8 Å². The first-order valence-corrected chi connectivity index (χ1v) is 11.2. The zero-order valence-electron chi connectivity index (χ0n) is 18.7. The smallest absolute Gasteiger partial charge is 0.435 e. The summed E-state index contributed by atoms with van der Waals surface area (Å²) in [6.07, 6.45) is -8.59. The maximum atomic E-state index is 13.6. The third-order valence-electron chi connectivity index (χ3n) is 5.28. The summed E-state index contributed by atoms with van der Waals surface area (Å²) in [4.78, 5) is 16.2. The number of methoxy groups -OCH3 is 1. The Morgan fingerprint density at radius 1 is 1.00 bits per heavy atom. The summed E-state index contributed by atoms with van der Waals surface area (Å²) in [5.41, 5.74) is -0.439. The van der Waals surface area contributed by atoms with Gasteiger partial charge in [-0.05, 0) is 53.9 Å². The first-order chi connectivity index (χ1) is 16.9. The molecule has 0 aliphatic carbocycles. The SMILES string of the molecule is COC(=O)Cc1ccc(-c2ccc(-c3cc(C(F)(F)F)nn3-c3ncccc3C(F)(F)F)s2)c(C)c1. The van der Waals surface area contributed by atoms with Crippen LogP contribution in [-0.4, -0.2) is 27.8 Å². The van der Waals surface area contributed by atoms with E-state index < -0.39 is 35.4 Å². The number of esters is 1. The lowest BCUT2D eigenvalue weighted by Gasteiger charge is -2.13. The van der Waals surface area contributed by atoms with E-state index in [9.17, 15) is 31.1 Å².